The molecule has 422 valence electrons. The second kappa shape index (κ2) is 37.9. The number of carbonyl (C=O) groups is 1. The van der Waals surface area contributed by atoms with Gasteiger partial charge in [-0.3, -0.25) is 4.79 Å². The van der Waals surface area contributed by atoms with E-state index in [1.165, 1.54) is 96.3 Å². The van der Waals surface area contributed by atoms with E-state index in [0.29, 0.717) is 12.8 Å². The third-order valence-electron chi connectivity index (χ3n) is 14.0. The van der Waals surface area contributed by atoms with E-state index in [4.69, 9.17) is 28.4 Å². The first-order valence-electron chi connectivity index (χ1n) is 27.6. The Bertz CT molecular complexity index is 1430. The number of aliphatic hydroxyl groups excluding tert-OH is 11. The van der Waals surface area contributed by atoms with E-state index >= 15 is 0 Å². The summed E-state index contributed by atoms with van der Waals surface area (Å²) in [5.74, 6) is -0.287. The molecule has 3 aliphatic rings. The van der Waals surface area contributed by atoms with Crippen LogP contribution in [0.2, 0.25) is 0 Å². The number of ether oxygens (including phenoxy) is 6. The van der Waals surface area contributed by atoms with Crippen molar-refractivity contribution in [1.29, 1.82) is 0 Å². The Labute approximate surface area is 428 Å². The third kappa shape index (κ3) is 22.9. The minimum absolute atomic E-state index is 0.239. The van der Waals surface area contributed by atoms with Crippen molar-refractivity contribution in [2.24, 2.45) is 0 Å². The maximum absolute atomic E-state index is 13.2. The van der Waals surface area contributed by atoms with Crippen LogP contribution in [0.15, 0.2) is 24.3 Å². The Morgan fingerprint density at radius 1 is 0.486 bits per heavy atom. The summed E-state index contributed by atoms with van der Waals surface area (Å²) in [5.41, 5.74) is 0. The molecule has 0 spiro atoms. The van der Waals surface area contributed by atoms with Gasteiger partial charge < -0.3 is 89.9 Å². The van der Waals surface area contributed by atoms with E-state index in [-0.39, 0.29) is 18.9 Å². The van der Waals surface area contributed by atoms with Gasteiger partial charge in [-0.2, -0.15) is 0 Å². The highest BCUT2D eigenvalue weighted by atomic mass is 16.8. The maximum Gasteiger partial charge on any atom is 0.220 e. The van der Waals surface area contributed by atoms with Crippen LogP contribution in [0.25, 0.3) is 0 Å². The fraction of sp³-hybridized carbons (Fsp3) is 0.906. The van der Waals surface area contributed by atoms with Gasteiger partial charge in [-0.15, -0.1) is 0 Å². The van der Waals surface area contributed by atoms with Crippen LogP contribution in [0.1, 0.15) is 174 Å². The van der Waals surface area contributed by atoms with Gasteiger partial charge in [0.05, 0.1) is 38.6 Å². The van der Waals surface area contributed by atoms with Crippen LogP contribution in [0, 0.1) is 0 Å². The van der Waals surface area contributed by atoms with Gasteiger partial charge in [0.1, 0.15) is 73.2 Å². The van der Waals surface area contributed by atoms with Crippen molar-refractivity contribution in [1.82, 2.24) is 5.32 Å². The SMILES string of the molecule is CCCCC/C=C/CC/C=C/C(O)C(COC1OC(CO)C(OC2OC(CO)C(OC3OC(CO)C(O)C(O)C3O)C(O)C2O)C(O)C1O)NC(=O)CCCCCCCCCCCCCCCCCCCC. The van der Waals surface area contributed by atoms with E-state index in [0.717, 1.165) is 44.9 Å². The van der Waals surface area contributed by atoms with Crippen LogP contribution in [-0.2, 0) is 33.2 Å². The fourth-order valence-electron chi connectivity index (χ4n) is 9.38. The van der Waals surface area contributed by atoms with Crippen molar-refractivity contribution >= 4 is 5.91 Å². The van der Waals surface area contributed by atoms with Crippen LogP contribution in [0.3, 0.4) is 0 Å². The molecular weight excluding hydrogens is 939 g/mol. The molecule has 17 atom stereocenters. The third-order valence-corrected chi connectivity index (χ3v) is 14.0. The maximum atomic E-state index is 13.2. The predicted octanol–water partition coefficient (Wildman–Crippen LogP) is 3.20. The Morgan fingerprint density at radius 2 is 0.889 bits per heavy atom. The molecule has 0 bridgehead atoms. The van der Waals surface area contributed by atoms with Crippen LogP contribution < -0.4 is 5.32 Å². The highest BCUT2D eigenvalue weighted by Crippen LogP contribution is 2.33. The molecular formula is C53H97NO18. The van der Waals surface area contributed by atoms with Crippen LogP contribution in [-0.4, -0.2) is 193 Å². The molecule has 17 unspecified atom stereocenters. The number of allylic oxidation sites excluding steroid dienone is 3. The molecule has 3 fully saturated rings. The zero-order valence-corrected chi connectivity index (χ0v) is 43.4. The van der Waals surface area contributed by atoms with Crippen molar-refractivity contribution < 1.29 is 89.4 Å². The fourth-order valence-corrected chi connectivity index (χ4v) is 9.38. The molecule has 3 rings (SSSR count). The lowest BCUT2D eigenvalue weighted by Gasteiger charge is -2.48. The Morgan fingerprint density at radius 3 is 1.39 bits per heavy atom. The molecule has 12 N–H and O–H groups in total. The van der Waals surface area contributed by atoms with E-state index in [1.807, 2.05) is 6.08 Å². The Balaban J connectivity index is 1.50. The zero-order chi connectivity index (χ0) is 52.7. The summed E-state index contributed by atoms with van der Waals surface area (Å²) < 4.78 is 34.1. The largest absolute Gasteiger partial charge is 0.394 e. The summed E-state index contributed by atoms with van der Waals surface area (Å²) >= 11 is 0. The Hall–Kier alpha value is -1.73. The van der Waals surface area contributed by atoms with Gasteiger partial charge in [0.25, 0.3) is 0 Å². The first-order valence-corrected chi connectivity index (χ1v) is 27.6. The second-order valence-electron chi connectivity index (χ2n) is 20.0. The van der Waals surface area contributed by atoms with Gasteiger partial charge in [-0.05, 0) is 32.1 Å². The summed E-state index contributed by atoms with van der Waals surface area (Å²) in [5, 5.41) is 120. The second-order valence-corrected chi connectivity index (χ2v) is 20.0. The molecule has 3 saturated heterocycles. The van der Waals surface area contributed by atoms with Gasteiger partial charge in [-0.1, -0.05) is 160 Å². The molecule has 3 aliphatic heterocycles. The molecule has 0 radical (unpaired) electrons. The normalized spacial score (nSPS) is 32.2. The van der Waals surface area contributed by atoms with Gasteiger partial charge in [0.2, 0.25) is 5.91 Å². The lowest BCUT2D eigenvalue weighted by molar-refractivity contribution is -0.379. The molecule has 3 heterocycles. The molecule has 0 saturated carbocycles. The number of carbonyl (C=O) groups excluding carboxylic acids is 1. The van der Waals surface area contributed by atoms with Crippen molar-refractivity contribution in [2.75, 3.05) is 26.4 Å². The summed E-state index contributed by atoms with van der Waals surface area (Å²) in [6.07, 6.45) is 9.12. The molecule has 0 aromatic carbocycles. The van der Waals surface area contributed by atoms with E-state index < -0.39 is 124 Å². The lowest BCUT2D eigenvalue weighted by Crippen LogP contribution is -2.66. The number of hydrogen-bond donors (Lipinski definition) is 12. The number of nitrogens with one attached hydrogen (secondary N) is 1. The minimum atomic E-state index is -1.98. The summed E-state index contributed by atoms with van der Waals surface area (Å²) in [6.45, 7) is 1.63. The zero-order valence-electron chi connectivity index (χ0n) is 43.4. The topological polar surface area (TPSA) is 307 Å². The monoisotopic (exact) mass is 1040 g/mol. The van der Waals surface area contributed by atoms with Gasteiger partial charge >= 0.3 is 0 Å². The molecule has 1 amide bonds. The van der Waals surface area contributed by atoms with Gasteiger partial charge in [0.15, 0.2) is 18.9 Å². The quantitative estimate of drug-likeness (QED) is 0.0311. The lowest BCUT2D eigenvalue weighted by atomic mass is 9.96. The summed E-state index contributed by atoms with van der Waals surface area (Å²) in [7, 11) is 0. The highest BCUT2D eigenvalue weighted by molar-refractivity contribution is 5.76. The first kappa shape index (κ1) is 64.6. The van der Waals surface area contributed by atoms with Gasteiger partial charge in [-0.25, -0.2) is 0 Å². The first-order chi connectivity index (χ1) is 34.8. The summed E-state index contributed by atoms with van der Waals surface area (Å²) in [4.78, 5) is 13.2. The van der Waals surface area contributed by atoms with E-state index in [2.05, 4.69) is 31.3 Å². The number of aliphatic hydroxyl groups is 11. The number of amides is 1. The van der Waals surface area contributed by atoms with Crippen molar-refractivity contribution in [3.8, 4) is 0 Å². The average molecular weight is 1040 g/mol. The molecule has 0 aromatic rings. The van der Waals surface area contributed by atoms with E-state index in [1.54, 1.807) is 6.08 Å². The summed E-state index contributed by atoms with van der Waals surface area (Å²) in [6, 6.07) is -0.982. The smallest absolute Gasteiger partial charge is 0.220 e. The van der Waals surface area contributed by atoms with E-state index in [9.17, 15) is 61.0 Å². The molecule has 0 aromatic heterocycles. The number of unbranched alkanes of at least 4 members (excludes halogenated alkanes) is 21. The number of hydrogen-bond acceptors (Lipinski definition) is 18. The Kier molecular flexibility index (Phi) is 34.0. The van der Waals surface area contributed by atoms with Crippen molar-refractivity contribution in [2.45, 2.75) is 279 Å². The van der Waals surface area contributed by atoms with Crippen molar-refractivity contribution in [3.63, 3.8) is 0 Å². The molecule has 19 heteroatoms. The standard InChI is InChI=1S/C53H97NO18/c1-3-5-7-9-11-13-14-15-16-17-18-19-20-21-23-25-27-29-31-41(59)54-36(37(58)30-28-26-24-22-12-10-8-6-4-2)35-67-51-47(65)44(62)49(39(33-56)69-51)72-53-48(66)45(63)50(40(34-57)70-53)71-52-46(64)43(61)42(60)38(32-55)68-52/h12,22,28,30,36-40,42-53,55-58,60-66H,3-11,13-21,23-27,29,31-35H2,1-2H3,(H,54,59)/b22-12+,30-28+. The molecule has 72 heavy (non-hydrogen) atoms. The van der Waals surface area contributed by atoms with Gasteiger partial charge in [0, 0.05) is 6.42 Å². The van der Waals surface area contributed by atoms with Crippen LogP contribution in [0.4, 0.5) is 0 Å². The van der Waals surface area contributed by atoms with Crippen LogP contribution >= 0.6 is 0 Å². The molecule has 0 aliphatic carbocycles. The highest BCUT2D eigenvalue weighted by Gasteiger charge is 2.53. The minimum Gasteiger partial charge on any atom is -0.394 e. The van der Waals surface area contributed by atoms with Crippen molar-refractivity contribution in [3.05, 3.63) is 24.3 Å². The predicted molar refractivity (Wildman–Crippen MR) is 268 cm³/mol. The van der Waals surface area contributed by atoms with Crippen LogP contribution in [0.5, 0.6) is 0 Å². The number of rotatable bonds is 39. The average Bonchev–Trinajstić information content (AvgIpc) is 3.37. The molecule has 19 nitrogen and oxygen atoms in total.